The third kappa shape index (κ3) is 4.18. The highest BCUT2D eigenvalue weighted by Gasteiger charge is 2.24. The molecule has 0 aromatic carbocycles. The van der Waals surface area contributed by atoms with Gasteiger partial charge in [0.1, 0.15) is 0 Å². The first kappa shape index (κ1) is 14.8. The van der Waals surface area contributed by atoms with Crippen molar-refractivity contribution in [1.82, 2.24) is 0 Å². The second-order valence-corrected chi connectivity index (χ2v) is 4.96. The zero-order chi connectivity index (χ0) is 13.0. The summed E-state index contributed by atoms with van der Waals surface area (Å²) in [5, 5.41) is -0.436. The number of hydrogen-bond donors (Lipinski definition) is 0. The second-order valence-electron chi connectivity index (χ2n) is 3.03. The molecule has 7 heteroatoms. The topological polar surface area (TPSA) is 38.7 Å². The summed E-state index contributed by atoms with van der Waals surface area (Å²) in [6.07, 6.45) is 2.91. The Balaban J connectivity index is 2.95. The van der Waals surface area contributed by atoms with Gasteiger partial charge in [0.2, 0.25) is 0 Å². The van der Waals surface area contributed by atoms with Gasteiger partial charge >= 0.3 is 5.97 Å². The van der Waals surface area contributed by atoms with E-state index in [0.717, 1.165) is 0 Å². The van der Waals surface area contributed by atoms with Gasteiger partial charge in [-0.2, -0.15) is 0 Å². The van der Waals surface area contributed by atoms with Crippen molar-refractivity contribution < 1.29 is 9.53 Å². The Hall–Kier alpha value is -0.220. The van der Waals surface area contributed by atoms with Gasteiger partial charge in [-0.05, 0) is 19.1 Å². The number of rotatable bonds is 3. The molecule has 0 N–H and O–H groups in total. The minimum atomic E-state index is -0.953. The Bertz CT molecular complexity index is 401. The predicted octanol–water partition coefficient (Wildman–Crippen LogP) is 3.42. The molecule has 0 amide bonds. The third-order valence-corrected chi connectivity index (χ3v) is 2.69. The predicted molar refractivity (Wildman–Crippen MR) is 71.2 cm³/mol. The standard InChI is InChI=1S/C10H9Cl4NO2/c1-2-17-9(16)5-3-6(11)8(7(12)4-5)15-10(13)14/h3-4,6,10H,2H2,1H3. The van der Waals surface area contributed by atoms with Crippen molar-refractivity contribution in [3.05, 3.63) is 22.8 Å². The van der Waals surface area contributed by atoms with Crippen LogP contribution in [0.2, 0.25) is 0 Å². The van der Waals surface area contributed by atoms with Crippen LogP contribution in [0, 0.1) is 0 Å². The molecule has 1 aliphatic rings. The van der Waals surface area contributed by atoms with Crippen LogP contribution in [0.25, 0.3) is 0 Å². The summed E-state index contributed by atoms with van der Waals surface area (Å²) in [6, 6.07) is 0. The number of aliphatic imine (C=N–C) groups is 1. The van der Waals surface area contributed by atoms with E-state index in [1.807, 2.05) is 0 Å². The molecule has 0 bridgehead atoms. The van der Waals surface area contributed by atoms with E-state index in [0.29, 0.717) is 5.71 Å². The van der Waals surface area contributed by atoms with Crippen molar-refractivity contribution in [2.45, 2.75) is 17.3 Å². The van der Waals surface area contributed by atoms with Gasteiger partial charge in [0.25, 0.3) is 0 Å². The fourth-order valence-electron chi connectivity index (χ4n) is 1.21. The first-order valence-corrected chi connectivity index (χ1v) is 6.40. The van der Waals surface area contributed by atoms with E-state index in [9.17, 15) is 4.79 Å². The van der Waals surface area contributed by atoms with Crippen LogP contribution in [0.15, 0.2) is 27.7 Å². The number of hydrogen-bond acceptors (Lipinski definition) is 3. The zero-order valence-electron chi connectivity index (χ0n) is 8.79. The number of esters is 1. The van der Waals surface area contributed by atoms with Gasteiger partial charge in [-0.1, -0.05) is 34.8 Å². The normalized spacial score (nSPS) is 22.5. The molecule has 0 aromatic rings. The number of halogens is 4. The molecule has 0 aromatic heterocycles. The summed E-state index contributed by atoms with van der Waals surface area (Å²) >= 11 is 23.0. The number of allylic oxidation sites excluding steroid dienone is 2. The molecule has 0 heterocycles. The number of carbonyl (C=O) groups is 1. The van der Waals surface area contributed by atoms with Crippen LogP contribution in [0.1, 0.15) is 6.92 Å². The summed E-state index contributed by atoms with van der Waals surface area (Å²) in [7, 11) is 0. The van der Waals surface area contributed by atoms with Crippen LogP contribution in [0.4, 0.5) is 0 Å². The Morgan fingerprint density at radius 2 is 2.24 bits per heavy atom. The largest absolute Gasteiger partial charge is 0.462 e. The summed E-state index contributed by atoms with van der Waals surface area (Å²) in [5.74, 6) is -0.483. The zero-order valence-corrected chi connectivity index (χ0v) is 11.8. The van der Waals surface area contributed by atoms with Gasteiger partial charge in [-0.15, -0.1) is 11.6 Å². The fourth-order valence-corrected chi connectivity index (χ4v) is 2.07. The van der Waals surface area contributed by atoms with Crippen LogP contribution >= 0.6 is 46.4 Å². The van der Waals surface area contributed by atoms with E-state index in [2.05, 4.69) is 4.99 Å². The number of alkyl halides is 3. The average molecular weight is 317 g/mol. The number of ether oxygens (including phenoxy) is 1. The van der Waals surface area contributed by atoms with Crippen LogP contribution < -0.4 is 0 Å². The molecule has 0 aliphatic heterocycles. The first-order chi connectivity index (χ1) is 7.95. The van der Waals surface area contributed by atoms with E-state index in [4.69, 9.17) is 51.1 Å². The molecule has 1 aliphatic carbocycles. The highest BCUT2D eigenvalue weighted by Crippen LogP contribution is 2.25. The highest BCUT2D eigenvalue weighted by atomic mass is 35.5. The van der Waals surface area contributed by atoms with E-state index in [-0.39, 0.29) is 17.2 Å². The van der Waals surface area contributed by atoms with Crippen molar-refractivity contribution in [3.63, 3.8) is 0 Å². The highest BCUT2D eigenvalue weighted by molar-refractivity contribution is 6.52. The molecule has 0 radical (unpaired) electrons. The summed E-state index contributed by atoms with van der Waals surface area (Å²) < 4.78 is 4.83. The van der Waals surface area contributed by atoms with Gasteiger partial charge in [-0.3, -0.25) is 4.99 Å². The molecule has 3 nitrogen and oxygen atoms in total. The molecule has 0 saturated carbocycles. The quantitative estimate of drug-likeness (QED) is 0.454. The molecule has 1 rings (SSSR count). The Labute approximate surface area is 119 Å². The van der Waals surface area contributed by atoms with Gasteiger partial charge in [0, 0.05) is 0 Å². The van der Waals surface area contributed by atoms with Crippen molar-refractivity contribution in [1.29, 1.82) is 0 Å². The lowest BCUT2D eigenvalue weighted by atomic mass is 10.0. The minimum Gasteiger partial charge on any atom is -0.462 e. The maximum absolute atomic E-state index is 11.5. The van der Waals surface area contributed by atoms with Gasteiger partial charge in [0.15, 0.2) is 4.96 Å². The lowest BCUT2D eigenvalue weighted by Gasteiger charge is -2.16. The average Bonchev–Trinajstić information content (AvgIpc) is 2.23. The molecular weight excluding hydrogens is 308 g/mol. The monoisotopic (exact) mass is 315 g/mol. The van der Waals surface area contributed by atoms with Crippen LogP contribution in [0.3, 0.4) is 0 Å². The molecule has 0 spiro atoms. The van der Waals surface area contributed by atoms with E-state index in [1.54, 1.807) is 6.92 Å². The summed E-state index contributed by atoms with van der Waals surface area (Å²) in [6.45, 7) is 1.99. The molecule has 17 heavy (non-hydrogen) atoms. The lowest BCUT2D eigenvalue weighted by molar-refractivity contribution is -0.138. The Morgan fingerprint density at radius 3 is 2.71 bits per heavy atom. The molecular formula is C10H9Cl4NO2. The Kier molecular flexibility index (Phi) is 5.80. The second kappa shape index (κ2) is 6.64. The minimum absolute atomic E-state index is 0.224. The Morgan fingerprint density at radius 1 is 1.59 bits per heavy atom. The van der Waals surface area contributed by atoms with Gasteiger partial charge in [-0.25, -0.2) is 4.79 Å². The fraction of sp³-hybridized carbons (Fsp3) is 0.400. The third-order valence-electron chi connectivity index (χ3n) is 1.86. The maximum atomic E-state index is 11.5. The molecule has 0 saturated heterocycles. The van der Waals surface area contributed by atoms with E-state index in [1.165, 1.54) is 12.2 Å². The SMILES string of the molecule is CCOC(=O)C1=CC(Cl)C(=NC(Cl)Cl)C(Cl)=C1. The smallest absolute Gasteiger partial charge is 0.337 e. The first-order valence-electron chi connectivity index (χ1n) is 4.72. The number of nitrogens with zero attached hydrogens (tertiary/aromatic N) is 1. The van der Waals surface area contributed by atoms with Gasteiger partial charge in [0.05, 0.1) is 28.3 Å². The number of carbonyl (C=O) groups excluding carboxylic acids is 1. The molecule has 0 fully saturated rings. The summed E-state index contributed by atoms with van der Waals surface area (Å²) in [4.78, 5) is 14.4. The maximum Gasteiger partial charge on any atom is 0.337 e. The van der Waals surface area contributed by atoms with E-state index >= 15 is 0 Å². The molecule has 1 unspecified atom stereocenters. The van der Waals surface area contributed by atoms with Crippen LogP contribution in [-0.4, -0.2) is 28.6 Å². The van der Waals surface area contributed by atoms with Gasteiger partial charge < -0.3 is 4.74 Å². The van der Waals surface area contributed by atoms with Crippen molar-refractivity contribution in [2.75, 3.05) is 6.61 Å². The lowest BCUT2D eigenvalue weighted by Crippen LogP contribution is -2.21. The van der Waals surface area contributed by atoms with Crippen molar-refractivity contribution in [3.8, 4) is 0 Å². The molecule has 1 atom stereocenters. The van der Waals surface area contributed by atoms with Crippen LogP contribution in [0.5, 0.6) is 0 Å². The van der Waals surface area contributed by atoms with E-state index < -0.39 is 16.3 Å². The molecule has 94 valence electrons. The summed E-state index contributed by atoms with van der Waals surface area (Å²) in [5.41, 5.74) is 0.618. The van der Waals surface area contributed by atoms with Crippen molar-refractivity contribution >= 4 is 58.1 Å². The van der Waals surface area contributed by atoms with Crippen molar-refractivity contribution in [2.24, 2.45) is 4.99 Å². The van der Waals surface area contributed by atoms with Crippen LogP contribution in [-0.2, 0) is 9.53 Å².